The Kier molecular flexibility index (Phi) is 2.60. The molecular formula is C13H8N2O4. The first-order chi connectivity index (χ1) is 9.25. The lowest BCUT2D eigenvalue weighted by Crippen LogP contribution is -2.03. The molecule has 0 aliphatic rings. The van der Waals surface area contributed by atoms with E-state index in [1.807, 2.05) is 0 Å². The van der Waals surface area contributed by atoms with Crippen molar-refractivity contribution in [2.45, 2.75) is 0 Å². The van der Waals surface area contributed by atoms with Crippen LogP contribution in [0.1, 0.15) is 10.5 Å². The van der Waals surface area contributed by atoms with Gasteiger partial charge in [-0.05, 0) is 24.3 Å². The Morgan fingerprint density at radius 2 is 2.11 bits per heavy atom. The highest BCUT2D eigenvalue weighted by Gasteiger charge is 2.15. The summed E-state index contributed by atoms with van der Waals surface area (Å²) in [7, 11) is 0. The number of aromatic carboxylic acids is 1. The van der Waals surface area contributed by atoms with Crippen LogP contribution in [0.4, 0.5) is 0 Å². The second-order valence-corrected chi connectivity index (χ2v) is 3.71. The molecule has 0 aliphatic heterocycles. The number of nitrogens with zero attached hydrogens (tertiary/aromatic N) is 2. The first kappa shape index (κ1) is 11.2. The van der Waals surface area contributed by atoms with Crippen LogP contribution in [0.3, 0.4) is 0 Å². The summed E-state index contributed by atoms with van der Waals surface area (Å²) in [4.78, 5) is 18.9. The standard InChI is InChI=1S/C13H8N2O4/c16-13(17)11-10(2-1-5-14-11)19-12-8-4-7-18-9(8)3-6-15-12/h1-7H,(H,16,17). The van der Waals surface area contributed by atoms with Gasteiger partial charge >= 0.3 is 5.97 Å². The van der Waals surface area contributed by atoms with Crippen molar-refractivity contribution in [1.29, 1.82) is 0 Å². The zero-order valence-corrected chi connectivity index (χ0v) is 9.61. The van der Waals surface area contributed by atoms with Crippen LogP contribution in [0, 0.1) is 0 Å². The molecule has 0 bridgehead atoms. The van der Waals surface area contributed by atoms with Gasteiger partial charge in [0.1, 0.15) is 5.58 Å². The van der Waals surface area contributed by atoms with Gasteiger partial charge < -0.3 is 14.3 Å². The highest BCUT2D eigenvalue weighted by atomic mass is 16.5. The molecule has 0 atom stereocenters. The minimum Gasteiger partial charge on any atom is -0.476 e. The predicted molar refractivity (Wildman–Crippen MR) is 65.3 cm³/mol. The fourth-order valence-electron chi connectivity index (χ4n) is 1.69. The third-order valence-corrected chi connectivity index (χ3v) is 2.52. The molecule has 0 saturated heterocycles. The monoisotopic (exact) mass is 256 g/mol. The van der Waals surface area contributed by atoms with E-state index in [2.05, 4.69) is 9.97 Å². The number of fused-ring (bicyclic) bond motifs is 1. The van der Waals surface area contributed by atoms with Gasteiger partial charge in [0, 0.05) is 12.4 Å². The van der Waals surface area contributed by atoms with E-state index >= 15 is 0 Å². The first-order valence-corrected chi connectivity index (χ1v) is 5.44. The van der Waals surface area contributed by atoms with Crippen molar-refractivity contribution < 1.29 is 19.1 Å². The van der Waals surface area contributed by atoms with E-state index in [0.717, 1.165) is 0 Å². The van der Waals surface area contributed by atoms with Gasteiger partial charge in [0.25, 0.3) is 0 Å². The summed E-state index contributed by atoms with van der Waals surface area (Å²) in [5.41, 5.74) is 0.454. The van der Waals surface area contributed by atoms with Crippen LogP contribution >= 0.6 is 0 Å². The number of carboxylic acid groups (broad SMARTS) is 1. The summed E-state index contributed by atoms with van der Waals surface area (Å²) < 4.78 is 10.7. The molecule has 6 heteroatoms. The van der Waals surface area contributed by atoms with Crippen LogP contribution in [0.25, 0.3) is 11.0 Å². The van der Waals surface area contributed by atoms with Crippen LogP contribution in [0.2, 0.25) is 0 Å². The molecule has 0 fully saturated rings. The minimum atomic E-state index is -1.16. The predicted octanol–water partition coefficient (Wildman–Crippen LogP) is 2.71. The molecule has 19 heavy (non-hydrogen) atoms. The molecule has 0 aromatic carbocycles. The highest BCUT2D eigenvalue weighted by Crippen LogP contribution is 2.29. The molecule has 0 aliphatic carbocycles. The van der Waals surface area contributed by atoms with Gasteiger partial charge in [-0.25, -0.2) is 14.8 Å². The van der Waals surface area contributed by atoms with Crippen LogP contribution in [-0.4, -0.2) is 21.0 Å². The Labute approximate surface area is 107 Å². The van der Waals surface area contributed by atoms with E-state index < -0.39 is 5.97 Å². The van der Waals surface area contributed by atoms with Gasteiger partial charge in [-0.15, -0.1) is 0 Å². The molecule has 3 rings (SSSR count). The zero-order chi connectivity index (χ0) is 13.2. The van der Waals surface area contributed by atoms with Crippen LogP contribution in [0.5, 0.6) is 11.6 Å². The highest BCUT2D eigenvalue weighted by molar-refractivity contribution is 5.89. The van der Waals surface area contributed by atoms with E-state index in [4.69, 9.17) is 14.3 Å². The lowest BCUT2D eigenvalue weighted by molar-refractivity contribution is 0.0687. The number of carboxylic acids is 1. The largest absolute Gasteiger partial charge is 0.476 e. The normalized spacial score (nSPS) is 10.5. The Bertz CT molecular complexity index is 751. The topological polar surface area (TPSA) is 85.5 Å². The molecule has 3 heterocycles. The molecule has 0 saturated carbocycles. The van der Waals surface area contributed by atoms with E-state index in [0.29, 0.717) is 11.0 Å². The molecule has 3 aromatic rings. The summed E-state index contributed by atoms with van der Waals surface area (Å²) in [6.45, 7) is 0. The van der Waals surface area contributed by atoms with E-state index in [-0.39, 0.29) is 17.3 Å². The average molecular weight is 256 g/mol. The second kappa shape index (κ2) is 4.41. The molecule has 0 amide bonds. The van der Waals surface area contributed by atoms with Crippen molar-refractivity contribution >= 4 is 16.9 Å². The number of hydrogen-bond acceptors (Lipinski definition) is 5. The van der Waals surface area contributed by atoms with Gasteiger partial charge in [-0.2, -0.15) is 0 Å². The van der Waals surface area contributed by atoms with Gasteiger partial charge in [-0.3, -0.25) is 0 Å². The van der Waals surface area contributed by atoms with Gasteiger partial charge in [0.15, 0.2) is 11.4 Å². The maximum Gasteiger partial charge on any atom is 0.358 e. The molecule has 94 valence electrons. The molecule has 0 radical (unpaired) electrons. The van der Waals surface area contributed by atoms with Gasteiger partial charge in [-0.1, -0.05) is 0 Å². The quantitative estimate of drug-likeness (QED) is 0.775. The fraction of sp³-hybridized carbons (Fsp3) is 0. The first-order valence-electron chi connectivity index (χ1n) is 5.44. The average Bonchev–Trinajstić information content (AvgIpc) is 2.88. The summed E-state index contributed by atoms with van der Waals surface area (Å²) >= 11 is 0. The molecule has 0 spiro atoms. The minimum absolute atomic E-state index is 0.135. The van der Waals surface area contributed by atoms with Crippen molar-refractivity contribution in [2.75, 3.05) is 0 Å². The molecular weight excluding hydrogens is 248 g/mol. The van der Waals surface area contributed by atoms with E-state index in [9.17, 15) is 4.79 Å². The maximum atomic E-state index is 11.0. The number of rotatable bonds is 3. The van der Waals surface area contributed by atoms with Crippen LogP contribution in [-0.2, 0) is 0 Å². The SMILES string of the molecule is O=C(O)c1ncccc1Oc1nccc2occc12. The zero-order valence-electron chi connectivity index (χ0n) is 9.61. The van der Waals surface area contributed by atoms with E-state index in [1.54, 1.807) is 18.2 Å². The van der Waals surface area contributed by atoms with Gasteiger partial charge in [0.2, 0.25) is 5.88 Å². The molecule has 1 N–H and O–H groups in total. The Balaban J connectivity index is 2.06. The van der Waals surface area contributed by atoms with E-state index in [1.165, 1.54) is 24.7 Å². The van der Waals surface area contributed by atoms with Crippen molar-refractivity contribution in [2.24, 2.45) is 0 Å². The number of hydrogen-bond donors (Lipinski definition) is 1. The second-order valence-electron chi connectivity index (χ2n) is 3.71. The smallest absolute Gasteiger partial charge is 0.358 e. The molecule has 6 nitrogen and oxygen atoms in total. The van der Waals surface area contributed by atoms with Crippen molar-refractivity contribution in [3.05, 3.63) is 48.6 Å². The Morgan fingerprint density at radius 1 is 1.21 bits per heavy atom. The summed E-state index contributed by atoms with van der Waals surface area (Å²) in [6, 6.07) is 6.52. The summed E-state index contributed by atoms with van der Waals surface area (Å²) in [5, 5.41) is 9.70. The van der Waals surface area contributed by atoms with Crippen LogP contribution < -0.4 is 4.74 Å². The Hall–Kier alpha value is -2.89. The fourth-order valence-corrected chi connectivity index (χ4v) is 1.69. The molecule has 3 aromatic heterocycles. The number of carbonyl (C=O) groups is 1. The number of ether oxygens (including phenoxy) is 1. The number of furan rings is 1. The summed E-state index contributed by atoms with van der Waals surface area (Å²) in [5.74, 6) is -0.743. The van der Waals surface area contributed by atoms with Crippen LogP contribution in [0.15, 0.2) is 47.3 Å². The molecule has 0 unspecified atom stereocenters. The lowest BCUT2D eigenvalue weighted by atomic mass is 10.3. The Morgan fingerprint density at radius 3 is 2.95 bits per heavy atom. The maximum absolute atomic E-state index is 11.0. The summed E-state index contributed by atoms with van der Waals surface area (Å²) in [6.07, 6.45) is 4.43. The third kappa shape index (κ3) is 1.99. The van der Waals surface area contributed by atoms with Crippen molar-refractivity contribution in [3.63, 3.8) is 0 Å². The lowest BCUT2D eigenvalue weighted by Gasteiger charge is -2.07. The number of aromatic nitrogens is 2. The third-order valence-electron chi connectivity index (χ3n) is 2.52. The van der Waals surface area contributed by atoms with Gasteiger partial charge in [0.05, 0.1) is 11.6 Å². The number of pyridine rings is 2. The van der Waals surface area contributed by atoms with Crippen molar-refractivity contribution in [3.8, 4) is 11.6 Å². The van der Waals surface area contributed by atoms with Crippen molar-refractivity contribution in [1.82, 2.24) is 9.97 Å².